The standard InChI is InChI=1S/C16H23NO4S/c1-21-10-7-12(14(18)19)17-15(20)16(8-3-2-4-9-16)13-6-5-11-22-13/h5-6,11-12H,2-4,7-10H2,1H3,(H,17,20)(H,18,19). The van der Waals surface area contributed by atoms with Crippen LogP contribution in [0.5, 0.6) is 0 Å². The Balaban J connectivity index is 2.17. The summed E-state index contributed by atoms with van der Waals surface area (Å²) in [4.78, 5) is 25.3. The number of carbonyl (C=O) groups is 2. The molecule has 1 aromatic rings. The third-order valence-electron chi connectivity index (χ3n) is 4.35. The first kappa shape index (κ1) is 17.0. The highest BCUT2D eigenvalue weighted by atomic mass is 32.1. The number of hydrogen-bond acceptors (Lipinski definition) is 4. The molecule has 0 spiro atoms. The number of ether oxygens (including phenoxy) is 1. The van der Waals surface area contributed by atoms with Gasteiger partial charge in [-0.2, -0.15) is 0 Å². The van der Waals surface area contributed by atoms with Crippen molar-refractivity contribution in [2.75, 3.05) is 13.7 Å². The van der Waals surface area contributed by atoms with Crippen molar-refractivity contribution in [1.82, 2.24) is 5.32 Å². The molecule has 0 bridgehead atoms. The number of hydrogen-bond donors (Lipinski definition) is 2. The molecule has 0 radical (unpaired) electrons. The quantitative estimate of drug-likeness (QED) is 0.808. The van der Waals surface area contributed by atoms with E-state index in [1.807, 2.05) is 17.5 Å². The molecule has 2 N–H and O–H groups in total. The molecule has 0 aromatic carbocycles. The summed E-state index contributed by atoms with van der Waals surface area (Å²) in [7, 11) is 1.52. The number of thiophene rings is 1. The monoisotopic (exact) mass is 325 g/mol. The summed E-state index contributed by atoms with van der Waals surface area (Å²) in [6.07, 6.45) is 4.98. The summed E-state index contributed by atoms with van der Waals surface area (Å²) < 4.78 is 4.93. The van der Waals surface area contributed by atoms with E-state index in [4.69, 9.17) is 4.74 Å². The second kappa shape index (κ2) is 7.74. The van der Waals surface area contributed by atoms with Gasteiger partial charge in [0, 0.05) is 25.0 Å². The van der Waals surface area contributed by atoms with Crippen LogP contribution in [0.1, 0.15) is 43.4 Å². The van der Waals surface area contributed by atoms with Crippen molar-refractivity contribution in [1.29, 1.82) is 0 Å². The van der Waals surface area contributed by atoms with E-state index >= 15 is 0 Å². The van der Waals surface area contributed by atoms with Gasteiger partial charge in [0.15, 0.2) is 0 Å². The van der Waals surface area contributed by atoms with Gasteiger partial charge in [-0.15, -0.1) is 11.3 Å². The lowest BCUT2D eigenvalue weighted by atomic mass is 9.72. The first-order valence-electron chi connectivity index (χ1n) is 7.67. The third-order valence-corrected chi connectivity index (χ3v) is 5.42. The minimum Gasteiger partial charge on any atom is -0.480 e. The maximum absolute atomic E-state index is 12.9. The minimum atomic E-state index is -1.01. The largest absolute Gasteiger partial charge is 0.480 e. The maximum Gasteiger partial charge on any atom is 0.326 e. The average Bonchev–Trinajstić information content (AvgIpc) is 3.06. The van der Waals surface area contributed by atoms with Crippen LogP contribution < -0.4 is 5.32 Å². The van der Waals surface area contributed by atoms with E-state index in [1.54, 1.807) is 11.3 Å². The molecule has 22 heavy (non-hydrogen) atoms. The zero-order valence-corrected chi connectivity index (χ0v) is 13.7. The fourth-order valence-electron chi connectivity index (χ4n) is 3.08. The van der Waals surface area contributed by atoms with Crippen LogP contribution >= 0.6 is 11.3 Å². The number of carboxylic acid groups (broad SMARTS) is 1. The first-order valence-corrected chi connectivity index (χ1v) is 8.55. The minimum absolute atomic E-state index is 0.154. The Hall–Kier alpha value is -1.40. The van der Waals surface area contributed by atoms with Crippen molar-refractivity contribution in [3.05, 3.63) is 22.4 Å². The summed E-state index contributed by atoms with van der Waals surface area (Å²) in [5.41, 5.74) is -0.562. The lowest BCUT2D eigenvalue weighted by Gasteiger charge is -2.36. The van der Waals surface area contributed by atoms with Gasteiger partial charge in [-0.3, -0.25) is 4.79 Å². The molecule has 122 valence electrons. The van der Waals surface area contributed by atoms with Crippen LogP contribution in [0.3, 0.4) is 0 Å². The molecule has 1 saturated carbocycles. The molecule has 1 unspecified atom stereocenters. The zero-order valence-electron chi connectivity index (χ0n) is 12.8. The Morgan fingerprint density at radius 2 is 2.14 bits per heavy atom. The van der Waals surface area contributed by atoms with E-state index in [0.29, 0.717) is 6.61 Å². The van der Waals surface area contributed by atoms with Gasteiger partial charge in [-0.1, -0.05) is 25.3 Å². The van der Waals surface area contributed by atoms with Gasteiger partial charge in [0.2, 0.25) is 5.91 Å². The Kier molecular flexibility index (Phi) is 5.97. The Bertz CT molecular complexity index is 494. The van der Waals surface area contributed by atoms with Gasteiger partial charge in [0.25, 0.3) is 0 Å². The van der Waals surface area contributed by atoms with E-state index in [-0.39, 0.29) is 12.3 Å². The van der Waals surface area contributed by atoms with Crippen LogP contribution in [0.4, 0.5) is 0 Å². The van der Waals surface area contributed by atoms with Gasteiger partial charge in [0.05, 0.1) is 5.41 Å². The molecule has 5 nitrogen and oxygen atoms in total. The second-order valence-electron chi connectivity index (χ2n) is 5.77. The van der Waals surface area contributed by atoms with Crippen molar-refractivity contribution in [3.8, 4) is 0 Å². The number of carbonyl (C=O) groups excluding carboxylic acids is 1. The molecule has 6 heteroatoms. The van der Waals surface area contributed by atoms with Crippen molar-refractivity contribution < 1.29 is 19.4 Å². The molecular formula is C16H23NO4S. The van der Waals surface area contributed by atoms with Gasteiger partial charge in [-0.05, 0) is 24.3 Å². The zero-order chi connectivity index (χ0) is 16.0. The predicted octanol–water partition coefficient (Wildman–Crippen LogP) is 2.56. The molecule has 2 rings (SSSR count). The topological polar surface area (TPSA) is 75.6 Å². The fraction of sp³-hybridized carbons (Fsp3) is 0.625. The molecule has 1 fully saturated rings. The molecule has 1 aliphatic rings. The summed E-state index contributed by atoms with van der Waals surface area (Å²) in [5, 5.41) is 14.0. The number of nitrogens with one attached hydrogen (secondary N) is 1. The first-order chi connectivity index (χ1) is 10.6. The van der Waals surface area contributed by atoms with Crippen LogP contribution in [-0.4, -0.2) is 36.7 Å². The van der Waals surface area contributed by atoms with Gasteiger partial charge >= 0.3 is 5.97 Å². The normalized spacial score (nSPS) is 18.6. The fourth-order valence-corrected chi connectivity index (χ4v) is 4.06. The second-order valence-corrected chi connectivity index (χ2v) is 6.71. The Morgan fingerprint density at radius 3 is 2.68 bits per heavy atom. The van der Waals surface area contributed by atoms with E-state index in [0.717, 1.165) is 37.0 Å². The molecule has 1 aromatic heterocycles. The third kappa shape index (κ3) is 3.67. The molecule has 1 amide bonds. The maximum atomic E-state index is 12.9. The number of aliphatic carboxylic acids is 1. The summed E-state index contributed by atoms with van der Waals surface area (Å²) in [6.45, 7) is 0.309. The smallest absolute Gasteiger partial charge is 0.326 e. The highest BCUT2D eigenvalue weighted by Crippen LogP contribution is 2.41. The molecule has 1 atom stereocenters. The lowest BCUT2D eigenvalue weighted by molar-refractivity contribution is -0.143. The average molecular weight is 325 g/mol. The van der Waals surface area contributed by atoms with Crippen LogP contribution in [0.2, 0.25) is 0 Å². The van der Waals surface area contributed by atoms with E-state index in [9.17, 15) is 14.7 Å². The van der Waals surface area contributed by atoms with Crippen LogP contribution in [-0.2, 0) is 19.7 Å². The van der Waals surface area contributed by atoms with E-state index < -0.39 is 17.4 Å². The van der Waals surface area contributed by atoms with Crippen molar-refractivity contribution in [3.63, 3.8) is 0 Å². The van der Waals surface area contributed by atoms with Crippen LogP contribution in [0.25, 0.3) is 0 Å². The highest BCUT2D eigenvalue weighted by Gasteiger charge is 2.43. The van der Waals surface area contributed by atoms with Crippen molar-refractivity contribution in [2.45, 2.75) is 50.0 Å². The molecular weight excluding hydrogens is 302 g/mol. The molecule has 1 aliphatic carbocycles. The Morgan fingerprint density at radius 1 is 1.41 bits per heavy atom. The number of methoxy groups -OCH3 is 1. The van der Waals surface area contributed by atoms with Crippen molar-refractivity contribution in [2.24, 2.45) is 0 Å². The number of rotatable bonds is 7. The van der Waals surface area contributed by atoms with E-state index in [1.165, 1.54) is 7.11 Å². The van der Waals surface area contributed by atoms with Gasteiger partial charge < -0.3 is 15.2 Å². The molecule has 0 saturated heterocycles. The lowest BCUT2D eigenvalue weighted by Crippen LogP contribution is -2.51. The van der Waals surface area contributed by atoms with Gasteiger partial charge in [-0.25, -0.2) is 4.79 Å². The van der Waals surface area contributed by atoms with Crippen molar-refractivity contribution >= 4 is 23.2 Å². The van der Waals surface area contributed by atoms with Crippen LogP contribution in [0, 0.1) is 0 Å². The SMILES string of the molecule is COCCC(NC(=O)C1(c2cccs2)CCCCC1)C(=O)O. The predicted molar refractivity (Wildman–Crippen MR) is 85.1 cm³/mol. The van der Waals surface area contributed by atoms with Crippen LogP contribution in [0.15, 0.2) is 17.5 Å². The molecule has 0 aliphatic heterocycles. The van der Waals surface area contributed by atoms with Gasteiger partial charge in [0.1, 0.15) is 6.04 Å². The number of amides is 1. The molecule has 1 heterocycles. The highest BCUT2D eigenvalue weighted by molar-refractivity contribution is 7.10. The summed E-state index contributed by atoms with van der Waals surface area (Å²) >= 11 is 1.58. The van der Waals surface area contributed by atoms with E-state index in [2.05, 4.69) is 5.32 Å². The summed E-state index contributed by atoms with van der Waals surface area (Å²) in [6, 6.07) is 3.04. The number of carboxylic acids is 1. The Labute approximate surface area is 134 Å². The summed E-state index contributed by atoms with van der Waals surface area (Å²) in [5.74, 6) is -1.17.